The first kappa shape index (κ1) is 21.3. The Labute approximate surface area is 166 Å². The lowest BCUT2D eigenvalue weighted by Crippen LogP contribution is -2.19. The van der Waals surface area contributed by atoms with Gasteiger partial charge in [-0.1, -0.05) is 13.0 Å². The molecule has 2 aromatic rings. The molecule has 1 amide bonds. The van der Waals surface area contributed by atoms with Gasteiger partial charge in [-0.3, -0.25) is 4.79 Å². The van der Waals surface area contributed by atoms with E-state index in [9.17, 15) is 4.79 Å². The van der Waals surface area contributed by atoms with Crippen molar-refractivity contribution in [3.63, 3.8) is 0 Å². The number of ether oxygens (including phenoxy) is 3. The van der Waals surface area contributed by atoms with Crippen molar-refractivity contribution in [3.8, 4) is 17.2 Å². The molecule has 6 nitrogen and oxygen atoms in total. The van der Waals surface area contributed by atoms with Crippen molar-refractivity contribution in [1.82, 2.24) is 5.43 Å². The van der Waals surface area contributed by atoms with E-state index in [1.165, 1.54) is 0 Å². The largest absolute Gasteiger partial charge is 0.494 e. The molecule has 0 atom stereocenters. The molecule has 6 heteroatoms. The lowest BCUT2D eigenvalue weighted by atomic mass is 10.1. The van der Waals surface area contributed by atoms with E-state index in [1.54, 1.807) is 24.3 Å². The maximum atomic E-state index is 12.4. The molecule has 0 radical (unpaired) electrons. The predicted octanol–water partition coefficient (Wildman–Crippen LogP) is 4.43. The van der Waals surface area contributed by atoms with Crippen LogP contribution in [0.3, 0.4) is 0 Å². The van der Waals surface area contributed by atoms with Crippen LogP contribution in [0.4, 0.5) is 0 Å². The van der Waals surface area contributed by atoms with Crippen LogP contribution in [-0.4, -0.2) is 31.4 Å². The summed E-state index contributed by atoms with van der Waals surface area (Å²) in [5.74, 6) is 1.78. The summed E-state index contributed by atoms with van der Waals surface area (Å²) in [6, 6.07) is 12.6. The van der Waals surface area contributed by atoms with Crippen molar-refractivity contribution >= 4 is 11.6 Å². The van der Waals surface area contributed by atoms with E-state index in [0.717, 1.165) is 17.7 Å². The highest BCUT2D eigenvalue weighted by atomic mass is 16.5. The highest BCUT2D eigenvalue weighted by Crippen LogP contribution is 2.29. The molecule has 0 saturated heterocycles. The molecule has 0 unspecified atom stereocenters. The van der Waals surface area contributed by atoms with Crippen molar-refractivity contribution in [1.29, 1.82) is 0 Å². The van der Waals surface area contributed by atoms with E-state index >= 15 is 0 Å². The summed E-state index contributed by atoms with van der Waals surface area (Å²) in [6.07, 6.45) is 0.934. The Morgan fingerprint density at radius 3 is 2.07 bits per heavy atom. The SMILES string of the molecule is CCCOc1ccc(C(=O)N/N=C(/C)c2c(OCC)cccc2OCC)cc1. The fraction of sp³-hybridized carbons (Fsp3) is 0.364. The van der Waals surface area contributed by atoms with Gasteiger partial charge in [-0.2, -0.15) is 5.10 Å². The van der Waals surface area contributed by atoms with Gasteiger partial charge in [0.25, 0.3) is 5.91 Å². The second-order valence-corrected chi connectivity index (χ2v) is 6.01. The zero-order valence-corrected chi connectivity index (χ0v) is 17.0. The number of carbonyl (C=O) groups is 1. The van der Waals surface area contributed by atoms with Crippen LogP contribution in [0.15, 0.2) is 47.6 Å². The second-order valence-electron chi connectivity index (χ2n) is 6.01. The monoisotopic (exact) mass is 384 g/mol. The molecule has 150 valence electrons. The summed E-state index contributed by atoms with van der Waals surface area (Å²) >= 11 is 0. The average molecular weight is 384 g/mol. The number of benzene rings is 2. The number of nitrogens with zero attached hydrogens (tertiary/aromatic N) is 1. The number of rotatable bonds is 10. The van der Waals surface area contributed by atoms with Crippen LogP contribution < -0.4 is 19.6 Å². The molecule has 0 heterocycles. The van der Waals surface area contributed by atoms with Gasteiger partial charge in [0.1, 0.15) is 17.2 Å². The van der Waals surface area contributed by atoms with E-state index in [2.05, 4.69) is 10.5 Å². The summed E-state index contributed by atoms with van der Waals surface area (Å²) < 4.78 is 16.9. The molecule has 0 aliphatic rings. The summed E-state index contributed by atoms with van der Waals surface area (Å²) in [7, 11) is 0. The zero-order valence-electron chi connectivity index (χ0n) is 17.0. The second kappa shape index (κ2) is 11.0. The van der Waals surface area contributed by atoms with Crippen LogP contribution in [0, 0.1) is 0 Å². The van der Waals surface area contributed by atoms with Crippen LogP contribution in [0.2, 0.25) is 0 Å². The van der Waals surface area contributed by atoms with Crippen molar-refractivity contribution in [2.45, 2.75) is 34.1 Å². The third-order valence-electron chi connectivity index (χ3n) is 3.86. The molecule has 0 aliphatic heterocycles. The van der Waals surface area contributed by atoms with Crippen molar-refractivity contribution < 1.29 is 19.0 Å². The third kappa shape index (κ3) is 5.74. The lowest BCUT2D eigenvalue weighted by molar-refractivity contribution is 0.0954. The smallest absolute Gasteiger partial charge is 0.271 e. The van der Waals surface area contributed by atoms with E-state index in [-0.39, 0.29) is 5.91 Å². The van der Waals surface area contributed by atoms with Gasteiger partial charge in [-0.15, -0.1) is 0 Å². The van der Waals surface area contributed by atoms with Gasteiger partial charge in [-0.25, -0.2) is 5.43 Å². The van der Waals surface area contributed by atoms with Crippen LogP contribution in [0.5, 0.6) is 17.2 Å². The highest BCUT2D eigenvalue weighted by molar-refractivity contribution is 6.04. The molecule has 0 aliphatic carbocycles. The van der Waals surface area contributed by atoms with Gasteiger partial charge < -0.3 is 14.2 Å². The van der Waals surface area contributed by atoms with E-state index in [4.69, 9.17) is 14.2 Å². The number of hydrogen-bond acceptors (Lipinski definition) is 5. The van der Waals surface area contributed by atoms with E-state index < -0.39 is 0 Å². The zero-order chi connectivity index (χ0) is 20.4. The minimum absolute atomic E-state index is 0.298. The van der Waals surface area contributed by atoms with Crippen LogP contribution in [0.1, 0.15) is 50.0 Å². The predicted molar refractivity (Wildman–Crippen MR) is 111 cm³/mol. The summed E-state index contributed by atoms with van der Waals surface area (Å²) in [4.78, 5) is 12.4. The first-order chi connectivity index (χ1) is 13.6. The molecule has 0 bridgehead atoms. The van der Waals surface area contributed by atoms with Gasteiger partial charge in [0, 0.05) is 5.56 Å². The molecular formula is C22H28N2O4. The fourth-order valence-corrected chi connectivity index (χ4v) is 2.60. The highest BCUT2D eigenvalue weighted by Gasteiger charge is 2.14. The van der Waals surface area contributed by atoms with Crippen LogP contribution >= 0.6 is 0 Å². The summed E-state index contributed by atoms with van der Waals surface area (Å²) in [5.41, 5.74) is 4.43. The Kier molecular flexibility index (Phi) is 8.34. The van der Waals surface area contributed by atoms with E-state index in [1.807, 2.05) is 45.9 Å². The van der Waals surface area contributed by atoms with Crippen LogP contribution in [0.25, 0.3) is 0 Å². The Morgan fingerprint density at radius 2 is 1.54 bits per heavy atom. The minimum atomic E-state index is -0.298. The molecule has 2 rings (SSSR count). The first-order valence-corrected chi connectivity index (χ1v) is 9.57. The van der Waals surface area contributed by atoms with Crippen molar-refractivity contribution in [2.75, 3.05) is 19.8 Å². The molecule has 1 N–H and O–H groups in total. The van der Waals surface area contributed by atoms with E-state index in [0.29, 0.717) is 42.6 Å². The Balaban J connectivity index is 2.16. The normalized spacial score (nSPS) is 11.1. The maximum absolute atomic E-state index is 12.4. The number of amides is 1. The minimum Gasteiger partial charge on any atom is -0.494 e. The Bertz CT molecular complexity index is 776. The average Bonchev–Trinajstić information content (AvgIpc) is 2.71. The lowest BCUT2D eigenvalue weighted by Gasteiger charge is -2.15. The van der Waals surface area contributed by atoms with Crippen LogP contribution in [-0.2, 0) is 0 Å². The number of nitrogens with one attached hydrogen (secondary N) is 1. The molecule has 0 saturated carbocycles. The molecule has 0 aromatic heterocycles. The van der Waals surface area contributed by atoms with Crippen molar-refractivity contribution in [3.05, 3.63) is 53.6 Å². The Hall–Kier alpha value is -3.02. The van der Waals surface area contributed by atoms with Gasteiger partial charge in [0.2, 0.25) is 0 Å². The number of hydrazone groups is 1. The molecule has 0 fully saturated rings. The summed E-state index contributed by atoms with van der Waals surface area (Å²) in [5, 5.41) is 4.25. The number of carbonyl (C=O) groups excluding carboxylic acids is 1. The fourth-order valence-electron chi connectivity index (χ4n) is 2.60. The van der Waals surface area contributed by atoms with Crippen molar-refractivity contribution in [2.24, 2.45) is 5.10 Å². The quantitative estimate of drug-likeness (QED) is 0.486. The van der Waals surface area contributed by atoms with Gasteiger partial charge >= 0.3 is 0 Å². The first-order valence-electron chi connectivity index (χ1n) is 9.57. The van der Waals surface area contributed by atoms with Gasteiger partial charge in [0.05, 0.1) is 31.1 Å². The standard InChI is InChI=1S/C22H28N2O4/c1-5-15-28-18-13-11-17(12-14-18)22(25)24-23-16(4)21-19(26-6-2)9-8-10-20(21)27-7-3/h8-14H,5-7,15H2,1-4H3,(H,24,25)/b23-16-. The van der Waals surface area contributed by atoms with Gasteiger partial charge in [0.15, 0.2) is 0 Å². The molecule has 2 aromatic carbocycles. The molecule has 0 spiro atoms. The summed E-state index contributed by atoms with van der Waals surface area (Å²) in [6.45, 7) is 9.38. The Morgan fingerprint density at radius 1 is 0.929 bits per heavy atom. The third-order valence-corrected chi connectivity index (χ3v) is 3.86. The number of hydrogen-bond donors (Lipinski definition) is 1. The molecule has 28 heavy (non-hydrogen) atoms. The van der Waals surface area contributed by atoms with Gasteiger partial charge in [-0.05, 0) is 63.6 Å². The topological polar surface area (TPSA) is 69.2 Å². The molecular weight excluding hydrogens is 356 g/mol. The maximum Gasteiger partial charge on any atom is 0.271 e.